The molecule has 124 valence electrons. The maximum atomic E-state index is 9.43. The van der Waals surface area contributed by atoms with Gasteiger partial charge in [0.25, 0.3) is 0 Å². The lowest BCUT2D eigenvalue weighted by Gasteiger charge is -2.15. The second kappa shape index (κ2) is 8.68. The van der Waals surface area contributed by atoms with E-state index in [2.05, 4.69) is 25.2 Å². The fourth-order valence-corrected chi connectivity index (χ4v) is 3.43. The van der Waals surface area contributed by atoms with E-state index in [1.165, 1.54) is 11.8 Å². The number of methoxy groups -OCH3 is 1. The number of thioether (sulfide) groups is 1. The number of hydrogen-bond acceptors (Lipinski definition) is 4. The lowest BCUT2D eigenvalue weighted by Crippen LogP contribution is -1.95. The van der Waals surface area contributed by atoms with E-state index in [0.717, 1.165) is 16.1 Å². The van der Waals surface area contributed by atoms with Gasteiger partial charge in [-0.1, -0.05) is 55.4 Å². The van der Waals surface area contributed by atoms with Crippen molar-refractivity contribution in [1.29, 1.82) is 5.26 Å². The van der Waals surface area contributed by atoms with Gasteiger partial charge in [-0.05, 0) is 35.7 Å². The molecular weight excluding hydrogens is 340 g/mol. The third-order valence-corrected chi connectivity index (χ3v) is 4.68. The Bertz CT molecular complexity index is 767. The first-order valence-corrected chi connectivity index (χ1v) is 8.71. The van der Waals surface area contributed by atoms with Gasteiger partial charge < -0.3 is 10.1 Å². The van der Waals surface area contributed by atoms with Crippen LogP contribution in [0.2, 0.25) is 5.02 Å². The third kappa shape index (κ3) is 4.70. The predicted molar refractivity (Wildman–Crippen MR) is 102 cm³/mol. The SMILES string of the molecule is COc1cc(C(C)C)c(S/C(C#N)=C/Nc2ccccc2)cc1Cl. The number of nitrogens with zero attached hydrogens (tertiary/aromatic N) is 1. The van der Waals surface area contributed by atoms with Crippen molar-refractivity contribution in [3.63, 3.8) is 0 Å². The number of para-hydroxylation sites is 1. The fraction of sp³-hybridized carbons (Fsp3) is 0.211. The van der Waals surface area contributed by atoms with Crippen LogP contribution in [0.3, 0.4) is 0 Å². The van der Waals surface area contributed by atoms with Crippen molar-refractivity contribution in [2.45, 2.75) is 24.7 Å². The van der Waals surface area contributed by atoms with Crippen molar-refractivity contribution in [3.05, 3.63) is 64.2 Å². The van der Waals surface area contributed by atoms with Crippen LogP contribution in [0.25, 0.3) is 0 Å². The highest BCUT2D eigenvalue weighted by atomic mass is 35.5. The number of rotatable bonds is 6. The highest BCUT2D eigenvalue weighted by molar-refractivity contribution is 8.03. The molecule has 0 fully saturated rings. The van der Waals surface area contributed by atoms with Gasteiger partial charge >= 0.3 is 0 Å². The molecule has 2 rings (SSSR count). The molecule has 0 aliphatic rings. The zero-order valence-corrected chi connectivity index (χ0v) is 15.4. The average molecular weight is 359 g/mol. The third-order valence-electron chi connectivity index (χ3n) is 3.38. The van der Waals surface area contributed by atoms with E-state index in [9.17, 15) is 5.26 Å². The van der Waals surface area contributed by atoms with Crippen LogP contribution in [-0.4, -0.2) is 7.11 Å². The van der Waals surface area contributed by atoms with E-state index in [0.29, 0.717) is 21.6 Å². The van der Waals surface area contributed by atoms with E-state index in [1.54, 1.807) is 13.3 Å². The molecule has 0 unspecified atom stereocenters. The smallest absolute Gasteiger partial charge is 0.137 e. The molecule has 2 aromatic rings. The molecule has 0 radical (unpaired) electrons. The van der Waals surface area contributed by atoms with E-state index < -0.39 is 0 Å². The summed E-state index contributed by atoms with van der Waals surface area (Å²) in [7, 11) is 1.60. The van der Waals surface area contributed by atoms with Crippen molar-refractivity contribution in [2.24, 2.45) is 0 Å². The normalized spacial score (nSPS) is 11.2. The molecule has 24 heavy (non-hydrogen) atoms. The number of ether oxygens (including phenoxy) is 1. The largest absolute Gasteiger partial charge is 0.495 e. The molecule has 0 amide bonds. The summed E-state index contributed by atoms with van der Waals surface area (Å²) < 4.78 is 5.29. The Morgan fingerprint density at radius 1 is 1.29 bits per heavy atom. The Labute approximate surface area is 152 Å². The minimum Gasteiger partial charge on any atom is -0.495 e. The van der Waals surface area contributed by atoms with Crippen LogP contribution in [0.15, 0.2) is 58.5 Å². The molecule has 0 bridgehead atoms. The molecule has 5 heteroatoms. The standard InChI is InChI=1S/C19H19ClN2OS/c1-13(2)16-9-18(23-3)17(20)10-19(16)24-15(11-21)12-22-14-7-5-4-6-8-14/h4-10,12-13,22H,1-3H3/b15-12+. The van der Waals surface area contributed by atoms with Crippen molar-refractivity contribution in [2.75, 3.05) is 12.4 Å². The van der Waals surface area contributed by atoms with Crippen LogP contribution >= 0.6 is 23.4 Å². The first kappa shape index (κ1) is 18.3. The molecule has 0 aliphatic carbocycles. The van der Waals surface area contributed by atoms with E-state index in [4.69, 9.17) is 16.3 Å². The number of allylic oxidation sites excluding steroid dienone is 1. The zero-order valence-electron chi connectivity index (χ0n) is 13.8. The molecule has 0 saturated carbocycles. The molecule has 0 heterocycles. The summed E-state index contributed by atoms with van der Waals surface area (Å²) in [5.74, 6) is 0.940. The molecule has 3 nitrogen and oxygen atoms in total. The summed E-state index contributed by atoms with van der Waals surface area (Å²) in [5, 5.41) is 13.1. The van der Waals surface area contributed by atoms with Gasteiger partial charge in [0.1, 0.15) is 16.7 Å². The minimum absolute atomic E-state index is 0.292. The van der Waals surface area contributed by atoms with Gasteiger partial charge in [-0.25, -0.2) is 0 Å². The Hall–Kier alpha value is -2.09. The van der Waals surface area contributed by atoms with Crippen LogP contribution in [0.4, 0.5) is 5.69 Å². The summed E-state index contributed by atoms with van der Waals surface area (Å²) in [6.07, 6.45) is 1.71. The summed E-state index contributed by atoms with van der Waals surface area (Å²) >= 11 is 7.64. The van der Waals surface area contributed by atoms with Gasteiger partial charge in [-0.3, -0.25) is 0 Å². The van der Waals surface area contributed by atoms with Crippen molar-refractivity contribution in [3.8, 4) is 11.8 Å². The van der Waals surface area contributed by atoms with Gasteiger partial charge in [0.05, 0.1) is 12.1 Å². The van der Waals surface area contributed by atoms with E-state index in [1.807, 2.05) is 42.5 Å². The van der Waals surface area contributed by atoms with Crippen molar-refractivity contribution in [1.82, 2.24) is 0 Å². The van der Waals surface area contributed by atoms with Gasteiger partial charge in [0.2, 0.25) is 0 Å². The molecule has 0 aromatic heterocycles. The zero-order chi connectivity index (χ0) is 17.5. The van der Waals surface area contributed by atoms with Crippen LogP contribution in [0.1, 0.15) is 25.3 Å². The van der Waals surface area contributed by atoms with Crippen LogP contribution in [0, 0.1) is 11.3 Å². The quantitative estimate of drug-likeness (QED) is 0.505. The molecule has 0 atom stereocenters. The Balaban J connectivity index is 2.27. The number of nitrogens with one attached hydrogen (secondary N) is 1. The van der Waals surface area contributed by atoms with E-state index in [-0.39, 0.29) is 0 Å². The van der Waals surface area contributed by atoms with E-state index >= 15 is 0 Å². The highest BCUT2D eigenvalue weighted by Crippen LogP contribution is 2.39. The molecule has 1 N–H and O–H groups in total. The Morgan fingerprint density at radius 2 is 2.00 bits per heavy atom. The van der Waals surface area contributed by atoms with Crippen molar-refractivity contribution >= 4 is 29.1 Å². The number of halogens is 1. The predicted octanol–water partition coefficient (Wildman–Crippen LogP) is 6.04. The van der Waals surface area contributed by atoms with Crippen LogP contribution in [0.5, 0.6) is 5.75 Å². The summed E-state index contributed by atoms with van der Waals surface area (Å²) in [6, 6.07) is 15.7. The first-order chi connectivity index (χ1) is 11.5. The first-order valence-electron chi connectivity index (χ1n) is 7.52. The van der Waals surface area contributed by atoms with Crippen LogP contribution < -0.4 is 10.1 Å². The second-order valence-electron chi connectivity index (χ2n) is 5.41. The molecule has 0 spiro atoms. The summed E-state index contributed by atoms with van der Waals surface area (Å²) in [6.45, 7) is 4.20. The van der Waals surface area contributed by atoms with Crippen molar-refractivity contribution < 1.29 is 4.74 Å². The van der Waals surface area contributed by atoms with Crippen LogP contribution in [-0.2, 0) is 0 Å². The second-order valence-corrected chi connectivity index (χ2v) is 6.90. The maximum Gasteiger partial charge on any atom is 0.137 e. The monoisotopic (exact) mass is 358 g/mol. The minimum atomic E-state index is 0.292. The van der Waals surface area contributed by atoms with Gasteiger partial charge in [0, 0.05) is 16.8 Å². The Kier molecular flexibility index (Phi) is 6.60. The lowest BCUT2D eigenvalue weighted by molar-refractivity contribution is 0.414. The average Bonchev–Trinajstić information content (AvgIpc) is 2.59. The number of benzene rings is 2. The molecule has 2 aromatic carbocycles. The van der Waals surface area contributed by atoms with Gasteiger partial charge in [0.15, 0.2) is 0 Å². The molecular formula is C19H19ClN2OS. The molecule has 0 aliphatic heterocycles. The number of hydrogen-bond donors (Lipinski definition) is 1. The summed E-state index contributed by atoms with van der Waals surface area (Å²) in [4.78, 5) is 1.51. The van der Waals surface area contributed by atoms with Gasteiger partial charge in [-0.2, -0.15) is 5.26 Å². The van der Waals surface area contributed by atoms with Gasteiger partial charge in [-0.15, -0.1) is 0 Å². The number of anilines is 1. The highest BCUT2D eigenvalue weighted by Gasteiger charge is 2.14. The lowest BCUT2D eigenvalue weighted by atomic mass is 10.0. The fourth-order valence-electron chi connectivity index (χ4n) is 2.13. The maximum absolute atomic E-state index is 9.43. The summed E-state index contributed by atoms with van der Waals surface area (Å²) in [5.41, 5.74) is 2.03. The topological polar surface area (TPSA) is 45.0 Å². The Morgan fingerprint density at radius 3 is 2.58 bits per heavy atom. The number of nitriles is 1. The molecule has 0 saturated heterocycles.